The van der Waals surface area contributed by atoms with Crippen LogP contribution in [0.1, 0.15) is 25.0 Å². The Bertz CT molecular complexity index is 1430. The molecule has 0 aliphatic rings. The van der Waals surface area contributed by atoms with Gasteiger partial charge in [0.05, 0.1) is 42.2 Å². The number of benzene rings is 3. The van der Waals surface area contributed by atoms with Gasteiger partial charge in [0, 0.05) is 29.8 Å². The maximum atomic E-state index is 12.5. The Morgan fingerprint density at radius 1 is 0.921 bits per heavy atom. The summed E-state index contributed by atoms with van der Waals surface area (Å²) in [5.41, 5.74) is 4.19. The van der Waals surface area contributed by atoms with E-state index in [4.69, 9.17) is 14.5 Å². The van der Waals surface area contributed by atoms with E-state index in [1.807, 2.05) is 99.6 Å². The van der Waals surface area contributed by atoms with E-state index < -0.39 is 0 Å². The monoisotopic (exact) mass is 514 g/mol. The minimum Gasteiger partial charge on any atom is -0.494 e. The smallest absolute Gasteiger partial charge is 0.240 e. The standard InChI is InChI=1S/C30H34N4O4/c1-6-37-25-17-23-24(18-26(25)38-7-2)32-30(36)28(23)29(20-11-9-8-10-12-20)31-21-13-15-22(16-14-21)34(5)27(35)19-33(3)4/h8-18,32,36H,6-7,19H2,1-5H3. The Hall–Kier alpha value is -4.30. The maximum Gasteiger partial charge on any atom is 0.240 e. The van der Waals surface area contributed by atoms with Crippen LogP contribution in [0.25, 0.3) is 10.9 Å². The zero-order valence-corrected chi connectivity index (χ0v) is 22.5. The van der Waals surface area contributed by atoms with Gasteiger partial charge in [0.25, 0.3) is 0 Å². The van der Waals surface area contributed by atoms with Gasteiger partial charge in [0.15, 0.2) is 17.4 Å². The van der Waals surface area contributed by atoms with E-state index in [0.717, 1.165) is 16.6 Å². The Kier molecular flexibility index (Phi) is 8.33. The van der Waals surface area contributed by atoms with Crippen LogP contribution in [-0.4, -0.2) is 67.5 Å². The Balaban J connectivity index is 1.81. The minimum atomic E-state index is -0.00327. The Morgan fingerprint density at radius 2 is 1.55 bits per heavy atom. The fourth-order valence-corrected chi connectivity index (χ4v) is 4.23. The Morgan fingerprint density at radius 3 is 2.16 bits per heavy atom. The molecule has 0 atom stereocenters. The lowest BCUT2D eigenvalue weighted by molar-refractivity contribution is -0.118. The number of nitrogens with zero attached hydrogens (tertiary/aromatic N) is 3. The molecule has 198 valence electrons. The number of nitrogens with one attached hydrogen (secondary N) is 1. The molecule has 0 bridgehead atoms. The SMILES string of the molecule is CCOc1cc2[nH]c(O)c(C(=Nc3ccc(N(C)C(=O)CN(C)C)cc3)c3ccccc3)c2cc1OCC. The highest BCUT2D eigenvalue weighted by atomic mass is 16.5. The molecule has 8 nitrogen and oxygen atoms in total. The number of aromatic nitrogens is 1. The molecule has 0 unspecified atom stereocenters. The van der Waals surface area contributed by atoms with Gasteiger partial charge in [-0.1, -0.05) is 30.3 Å². The molecule has 0 saturated carbocycles. The van der Waals surface area contributed by atoms with Gasteiger partial charge in [-0.05, 0) is 58.3 Å². The van der Waals surface area contributed by atoms with E-state index in [1.54, 1.807) is 11.9 Å². The zero-order valence-electron chi connectivity index (χ0n) is 22.5. The fraction of sp³-hybridized carbons (Fsp3) is 0.267. The number of carbonyl (C=O) groups is 1. The first kappa shape index (κ1) is 26.8. The first-order valence-corrected chi connectivity index (χ1v) is 12.6. The van der Waals surface area contributed by atoms with Crippen molar-refractivity contribution in [3.8, 4) is 17.4 Å². The number of carbonyl (C=O) groups excluding carboxylic acids is 1. The number of H-pyrrole nitrogens is 1. The molecule has 0 aliphatic carbocycles. The minimum absolute atomic E-state index is 0.00327. The van der Waals surface area contributed by atoms with Crippen LogP contribution in [0.4, 0.5) is 11.4 Å². The van der Waals surface area contributed by atoms with Crippen molar-refractivity contribution < 1.29 is 19.4 Å². The van der Waals surface area contributed by atoms with Crippen LogP contribution in [0.3, 0.4) is 0 Å². The number of rotatable bonds is 10. The van der Waals surface area contributed by atoms with Gasteiger partial charge in [-0.15, -0.1) is 0 Å². The summed E-state index contributed by atoms with van der Waals surface area (Å²) in [6, 6.07) is 20.9. The molecule has 0 aliphatic heterocycles. The van der Waals surface area contributed by atoms with Gasteiger partial charge >= 0.3 is 0 Å². The van der Waals surface area contributed by atoms with Gasteiger partial charge in [0.2, 0.25) is 5.91 Å². The number of aromatic hydroxyl groups is 1. The second kappa shape index (κ2) is 11.8. The van der Waals surface area contributed by atoms with E-state index in [1.165, 1.54) is 0 Å². The van der Waals surface area contributed by atoms with Crippen molar-refractivity contribution in [2.45, 2.75) is 13.8 Å². The lowest BCUT2D eigenvalue weighted by atomic mass is 10.0. The second-order valence-electron chi connectivity index (χ2n) is 9.09. The van der Waals surface area contributed by atoms with Gasteiger partial charge < -0.3 is 29.4 Å². The average molecular weight is 515 g/mol. The molecule has 0 radical (unpaired) electrons. The molecule has 0 fully saturated rings. The number of aromatic amines is 1. The van der Waals surface area contributed by atoms with Crippen molar-refractivity contribution in [3.05, 3.63) is 77.9 Å². The summed E-state index contributed by atoms with van der Waals surface area (Å²) in [7, 11) is 5.49. The molecule has 4 rings (SSSR count). The molecule has 0 spiro atoms. The summed E-state index contributed by atoms with van der Waals surface area (Å²) in [6.45, 7) is 5.13. The van der Waals surface area contributed by atoms with E-state index in [-0.39, 0.29) is 11.8 Å². The number of amides is 1. The largest absolute Gasteiger partial charge is 0.494 e. The highest BCUT2D eigenvalue weighted by Gasteiger charge is 2.21. The summed E-state index contributed by atoms with van der Waals surface area (Å²) < 4.78 is 11.6. The summed E-state index contributed by atoms with van der Waals surface area (Å²) in [5, 5.41) is 11.8. The third kappa shape index (κ3) is 5.81. The number of ether oxygens (including phenoxy) is 2. The number of likely N-dealkylation sites (N-methyl/N-ethyl adjacent to an activating group) is 2. The Labute approximate surface area is 223 Å². The van der Waals surface area contributed by atoms with Gasteiger partial charge in [-0.3, -0.25) is 4.79 Å². The van der Waals surface area contributed by atoms with Crippen molar-refractivity contribution in [3.63, 3.8) is 0 Å². The van der Waals surface area contributed by atoms with E-state index in [2.05, 4.69) is 4.98 Å². The third-order valence-electron chi connectivity index (χ3n) is 6.03. The molecule has 1 aromatic heterocycles. The maximum absolute atomic E-state index is 12.5. The predicted molar refractivity (Wildman–Crippen MR) is 152 cm³/mol. The molecule has 2 N–H and O–H groups in total. The van der Waals surface area contributed by atoms with E-state index in [9.17, 15) is 9.90 Å². The van der Waals surface area contributed by atoms with Crippen molar-refractivity contribution >= 4 is 33.9 Å². The molecule has 0 saturated heterocycles. The predicted octanol–water partition coefficient (Wildman–Crippen LogP) is 5.36. The van der Waals surface area contributed by atoms with Crippen LogP contribution >= 0.6 is 0 Å². The summed E-state index contributed by atoms with van der Waals surface area (Å²) in [5.74, 6) is 1.21. The molecule has 38 heavy (non-hydrogen) atoms. The topological polar surface area (TPSA) is 90.4 Å². The first-order chi connectivity index (χ1) is 18.3. The average Bonchev–Trinajstić information content (AvgIpc) is 3.22. The van der Waals surface area contributed by atoms with Crippen LogP contribution in [-0.2, 0) is 4.79 Å². The molecule has 8 heteroatoms. The quantitative estimate of drug-likeness (QED) is 0.278. The summed E-state index contributed by atoms with van der Waals surface area (Å²) in [6.07, 6.45) is 0. The van der Waals surface area contributed by atoms with Gasteiger partial charge in [-0.25, -0.2) is 4.99 Å². The normalized spacial score (nSPS) is 11.7. The second-order valence-corrected chi connectivity index (χ2v) is 9.09. The summed E-state index contributed by atoms with van der Waals surface area (Å²) >= 11 is 0. The van der Waals surface area contributed by atoms with E-state index in [0.29, 0.717) is 53.7 Å². The number of anilines is 1. The van der Waals surface area contributed by atoms with Gasteiger partial charge in [-0.2, -0.15) is 0 Å². The number of hydrogen-bond acceptors (Lipinski definition) is 6. The molecule has 4 aromatic rings. The lowest BCUT2D eigenvalue weighted by Gasteiger charge is -2.19. The molecular formula is C30H34N4O4. The van der Waals surface area contributed by atoms with Crippen LogP contribution in [0.5, 0.6) is 17.4 Å². The lowest BCUT2D eigenvalue weighted by Crippen LogP contribution is -2.34. The van der Waals surface area contributed by atoms with Crippen LogP contribution in [0.2, 0.25) is 0 Å². The molecule has 1 amide bonds. The first-order valence-electron chi connectivity index (χ1n) is 12.6. The molecular weight excluding hydrogens is 480 g/mol. The van der Waals surface area contributed by atoms with Crippen LogP contribution in [0, 0.1) is 0 Å². The van der Waals surface area contributed by atoms with Crippen molar-refractivity contribution in [2.75, 3.05) is 45.8 Å². The van der Waals surface area contributed by atoms with Crippen molar-refractivity contribution in [1.82, 2.24) is 9.88 Å². The van der Waals surface area contributed by atoms with Crippen LogP contribution < -0.4 is 14.4 Å². The molecule has 3 aromatic carbocycles. The van der Waals surface area contributed by atoms with Gasteiger partial charge in [0.1, 0.15) is 0 Å². The zero-order chi connectivity index (χ0) is 27.2. The highest BCUT2D eigenvalue weighted by molar-refractivity contribution is 6.22. The van der Waals surface area contributed by atoms with E-state index >= 15 is 0 Å². The highest BCUT2D eigenvalue weighted by Crippen LogP contribution is 2.38. The number of fused-ring (bicyclic) bond motifs is 1. The van der Waals surface area contributed by atoms with Crippen molar-refractivity contribution in [2.24, 2.45) is 4.99 Å². The van der Waals surface area contributed by atoms with Crippen LogP contribution in [0.15, 0.2) is 71.7 Å². The number of hydrogen-bond donors (Lipinski definition) is 2. The van der Waals surface area contributed by atoms with Crippen molar-refractivity contribution in [1.29, 1.82) is 0 Å². The molecule has 1 heterocycles. The third-order valence-corrected chi connectivity index (χ3v) is 6.03. The summed E-state index contributed by atoms with van der Waals surface area (Å²) in [4.78, 5) is 24.0. The number of aliphatic imine (C=N–C) groups is 1. The fourth-order valence-electron chi connectivity index (χ4n) is 4.23.